The van der Waals surface area contributed by atoms with Crippen LogP contribution in [0, 0.1) is 17.8 Å². The Bertz CT molecular complexity index is 236. The number of likely N-dealkylation sites (tertiary alicyclic amines) is 1. The van der Waals surface area contributed by atoms with E-state index in [0.717, 1.165) is 23.8 Å². The minimum absolute atomic E-state index is 0.962. The molecule has 1 heterocycles. The van der Waals surface area contributed by atoms with Crippen LogP contribution in [0.15, 0.2) is 0 Å². The highest BCUT2D eigenvalue weighted by molar-refractivity contribution is 4.92. The lowest BCUT2D eigenvalue weighted by atomic mass is 9.68. The summed E-state index contributed by atoms with van der Waals surface area (Å²) in [6, 6.07) is 0.976. The van der Waals surface area contributed by atoms with Crippen molar-refractivity contribution in [3.63, 3.8) is 0 Å². The number of hydrogen-bond donors (Lipinski definition) is 0. The summed E-state index contributed by atoms with van der Waals surface area (Å²) in [6.45, 7) is 5.23. The Hall–Kier alpha value is -0.0400. The average Bonchev–Trinajstić information content (AvgIpc) is 2.75. The van der Waals surface area contributed by atoms with Gasteiger partial charge in [0.1, 0.15) is 0 Å². The van der Waals surface area contributed by atoms with Crippen molar-refractivity contribution < 1.29 is 0 Å². The molecule has 0 spiro atoms. The fourth-order valence-corrected chi connectivity index (χ4v) is 4.63. The number of rotatable bonds is 1. The molecule has 92 valence electrons. The van der Waals surface area contributed by atoms with Gasteiger partial charge in [-0.05, 0) is 43.6 Å². The molecular weight excluding hydrogens is 194 g/mol. The van der Waals surface area contributed by atoms with E-state index in [1.54, 1.807) is 19.3 Å². The molecule has 0 aromatic carbocycles. The Morgan fingerprint density at radius 2 is 1.69 bits per heavy atom. The highest BCUT2D eigenvalue weighted by Crippen LogP contribution is 2.43. The molecule has 0 amide bonds. The van der Waals surface area contributed by atoms with Gasteiger partial charge in [0.05, 0.1) is 0 Å². The van der Waals surface area contributed by atoms with Crippen LogP contribution in [0.2, 0.25) is 0 Å². The lowest BCUT2D eigenvalue weighted by molar-refractivity contribution is 0.0528. The van der Waals surface area contributed by atoms with E-state index in [0.29, 0.717) is 0 Å². The van der Waals surface area contributed by atoms with Crippen LogP contribution >= 0.6 is 0 Å². The molecule has 0 aromatic rings. The molecule has 1 nitrogen and oxygen atoms in total. The van der Waals surface area contributed by atoms with Crippen LogP contribution in [0.5, 0.6) is 0 Å². The maximum Gasteiger partial charge on any atom is 0.0126 e. The minimum Gasteiger partial charge on any atom is -0.300 e. The van der Waals surface area contributed by atoms with Gasteiger partial charge in [0.15, 0.2) is 0 Å². The predicted molar refractivity (Wildman–Crippen MR) is 68.4 cm³/mol. The van der Waals surface area contributed by atoms with E-state index in [2.05, 4.69) is 11.8 Å². The molecule has 3 rings (SSSR count). The second-order valence-electron chi connectivity index (χ2n) is 6.60. The van der Waals surface area contributed by atoms with Crippen molar-refractivity contribution >= 4 is 0 Å². The third kappa shape index (κ3) is 2.03. The lowest BCUT2D eigenvalue weighted by Crippen LogP contribution is -2.45. The summed E-state index contributed by atoms with van der Waals surface area (Å²) < 4.78 is 0. The van der Waals surface area contributed by atoms with Crippen LogP contribution in [-0.2, 0) is 0 Å². The first-order valence-corrected chi connectivity index (χ1v) is 7.58. The van der Waals surface area contributed by atoms with Gasteiger partial charge in [-0.3, -0.25) is 4.90 Å². The highest BCUT2D eigenvalue weighted by Gasteiger charge is 2.39. The fraction of sp³-hybridized carbons (Fsp3) is 1.00. The zero-order valence-electron chi connectivity index (χ0n) is 10.8. The van der Waals surface area contributed by atoms with Gasteiger partial charge in [-0.25, -0.2) is 0 Å². The summed E-state index contributed by atoms with van der Waals surface area (Å²) in [5.41, 5.74) is 0. The molecule has 4 unspecified atom stereocenters. The van der Waals surface area contributed by atoms with E-state index in [9.17, 15) is 0 Å². The topological polar surface area (TPSA) is 3.24 Å². The molecule has 2 aliphatic carbocycles. The largest absolute Gasteiger partial charge is 0.300 e. The molecule has 1 heteroatoms. The number of hydrogen-bond acceptors (Lipinski definition) is 1. The summed E-state index contributed by atoms with van der Waals surface area (Å²) in [4.78, 5) is 2.85. The second-order valence-corrected chi connectivity index (χ2v) is 6.60. The van der Waals surface area contributed by atoms with Gasteiger partial charge in [0.2, 0.25) is 0 Å². The zero-order valence-corrected chi connectivity index (χ0v) is 10.8. The van der Waals surface area contributed by atoms with Crippen LogP contribution in [0.4, 0.5) is 0 Å². The normalized spacial score (nSPS) is 45.6. The summed E-state index contributed by atoms with van der Waals surface area (Å²) in [5, 5.41) is 0. The Kier molecular flexibility index (Phi) is 3.24. The van der Waals surface area contributed by atoms with Crippen molar-refractivity contribution in [3.8, 4) is 0 Å². The average molecular weight is 221 g/mol. The van der Waals surface area contributed by atoms with Crippen molar-refractivity contribution in [2.24, 2.45) is 17.8 Å². The van der Waals surface area contributed by atoms with Crippen LogP contribution in [0.1, 0.15) is 58.3 Å². The number of nitrogens with zero attached hydrogens (tertiary/aromatic N) is 1. The van der Waals surface area contributed by atoms with E-state index in [1.165, 1.54) is 45.2 Å². The summed E-state index contributed by atoms with van der Waals surface area (Å²) in [6.07, 6.45) is 12.1. The quantitative estimate of drug-likeness (QED) is 0.653. The SMILES string of the molecule is CC1CCN(C2CCCC3CCCCC32)C1. The third-order valence-corrected chi connectivity index (χ3v) is 5.46. The van der Waals surface area contributed by atoms with Crippen LogP contribution in [0.25, 0.3) is 0 Å². The van der Waals surface area contributed by atoms with Gasteiger partial charge in [-0.1, -0.05) is 39.0 Å². The molecule has 0 bridgehead atoms. The minimum atomic E-state index is 0.962. The van der Waals surface area contributed by atoms with Gasteiger partial charge in [-0.2, -0.15) is 0 Å². The first-order valence-electron chi connectivity index (χ1n) is 7.58. The molecule has 0 aromatic heterocycles. The van der Waals surface area contributed by atoms with Crippen molar-refractivity contribution in [1.82, 2.24) is 4.90 Å². The molecule has 16 heavy (non-hydrogen) atoms. The predicted octanol–water partition coefficient (Wildman–Crippen LogP) is 3.69. The fourth-order valence-electron chi connectivity index (χ4n) is 4.63. The summed E-state index contributed by atoms with van der Waals surface area (Å²) in [7, 11) is 0. The first kappa shape index (κ1) is 11.1. The Balaban J connectivity index is 1.68. The van der Waals surface area contributed by atoms with Crippen molar-refractivity contribution in [2.45, 2.75) is 64.3 Å². The van der Waals surface area contributed by atoms with Crippen molar-refractivity contribution in [1.29, 1.82) is 0 Å². The van der Waals surface area contributed by atoms with Crippen LogP contribution < -0.4 is 0 Å². The molecule has 3 aliphatic rings. The molecule has 0 N–H and O–H groups in total. The smallest absolute Gasteiger partial charge is 0.0126 e. The van der Waals surface area contributed by atoms with E-state index in [4.69, 9.17) is 0 Å². The molecule has 1 saturated heterocycles. The van der Waals surface area contributed by atoms with E-state index >= 15 is 0 Å². The van der Waals surface area contributed by atoms with E-state index in [1.807, 2.05) is 0 Å². The monoisotopic (exact) mass is 221 g/mol. The van der Waals surface area contributed by atoms with Crippen molar-refractivity contribution in [2.75, 3.05) is 13.1 Å². The van der Waals surface area contributed by atoms with Crippen molar-refractivity contribution in [3.05, 3.63) is 0 Å². The van der Waals surface area contributed by atoms with Crippen LogP contribution in [0.3, 0.4) is 0 Å². The maximum absolute atomic E-state index is 2.85. The maximum atomic E-state index is 2.85. The molecular formula is C15H27N. The van der Waals surface area contributed by atoms with Gasteiger partial charge in [0.25, 0.3) is 0 Å². The zero-order chi connectivity index (χ0) is 11.0. The standard InChI is InChI=1S/C15H27N/c1-12-9-10-16(11-12)15-8-4-6-13-5-2-3-7-14(13)15/h12-15H,2-11H2,1H3. The highest BCUT2D eigenvalue weighted by atomic mass is 15.2. The van der Waals surface area contributed by atoms with E-state index in [-0.39, 0.29) is 0 Å². The number of fused-ring (bicyclic) bond motifs is 1. The molecule has 1 aliphatic heterocycles. The lowest BCUT2D eigenvalue weighted by Gasteiger charge is -2.45. The molecule has 4 atom stereocenters. The first-order chi connectivity index (χ1) is 7.84. The molecule has 0 radical (unpaired) electrons. The Morgan fingerprint density at radius 3 is 2.50 bits per heavy atom. The van der Waals surface area contributed by atoms with Gasteiger partial charge < -0.3 is 0 Å². The van der Waals surface area contributed by atoms with Gasteiger partial charge >= 0.3 is 0 Å². The van der Waals surface area contributed by atoms with Gasteiger partial charge in [0, 0.05) is 12.6 Å². The molecule has 3 fully saturated rings. The van der Waals surface area contributed by atoms with E-state index < -0.39 is 0 Å². The van der Waals surface area contributed by atoms with Gasteiger partial charge in [-0.15, -0.1) is 0 Å². The Morgan fingerprint density at radius 1 is 0.875 bits per heavy atom. The summed E-state index contributed by atoms with van der Waals surface area (Å²) >= 11 is 0. The second kappa shape index (κ2) is 4.68. The molecule has 2 saturated carbocycles. The summed E-state index contributed by atoms with van der Waals surface area (Å²) in [5.74, 6) is 3.14. The Labute approximate surface area is 101 Å². The third-order valence-electron chi connectivity index (χ3n) is 5.46. The van der Waals surface area contributed by atoms with Crippen LogP contribution in [-0.4, -0.2) is 24.0 Å².